The molecule has 0 rings (SSSR count). The van der Waals surface area contributed by atoms with Crippen molar-refractivity contribution in [3.05, 3.63) is 47.3 Å². The third-order valence-electron chi connectivity index (χ3n) is 5.19. The number of aliphatic hydroxyl groups excluding tert-OH is 7. The van der Waals surface area contributed by atoms with Gasteiger partial charge in [-0.2, -0.15) is 0 Å². The van der Waals surface area contributed by atoms with E-state index in [1.807, 2.05) is 96.9 Å². The van der Waals surface area contributed by atoms with E-state index in [1.54, 1.807) is 48.5 Å². The fraction of sp³-hybridized carbons (Fsp3) is 0.745. The third-order valence-corrected chi connectivity index (χ3v) is 5.19. The van der Waals surface area contributed by atoms with Gasteiger partial charge < -0.3 is 40.9 Å². The minimum absolute atomic E-state index is 0. The van der Waals surface area contributed by atoms with Crippen molar-refractivity contribution in [1.82, 2.24) is 0 Å². The van der Waals surface area contributed by atoms with Crippen LogP contribution >= 0.6 is 0 Å². The van der Waals surface area contributed by atoms with E-state index in [2.05, 4.69) is 0 Å². The Morgan fingerprint density at radius 1 is 0.444 bits per heavy atom. The van der Waals surface area contributed by atoms with Gasteiger partial charge in [-0.25, -0.2) is 0 Å². The Bertz CT molecular complexity index is 1120. The predicted octanol–water partition coefficient (Wildman–Crippen LogP) is 11.1. The minimum Gasteiger partial charge on any atom is -0.512 e. The summed E-state index contributed by atoms with van der Waals surface area (Å²) in [6, 6.07) is 0. The zero-order valence-corrected chi connectivity index (χ0v) is 55.3. The Kier molecular flexibility index (Phi) is 89.4. The van der Waals surface area contributed by atoms with Crippen molar-refractivity contribution in [3.63, 3.8) is 0 Å². The van der Waals surface area contributed by atoms with E-state index in [1.165, 1.54) is 38.2 Å². The Hall–Kier alpha value is -0.359. The van der Waals surface area contributed by atoms with Crippen molar-refractivity contribution >= 4 is 23.1 Å². The van der Waals surface area contributed by atoms with Gasteiger partial charge in [-0.3, -0.25) is 19.2 Å². The quantitative estimate of drug-likeness (QED) is 0.0658. The number of rotatable bonds is 8. The summed E-state index contributed by atoms with van der Waals surface area (Å²) in [5, 5.41) is 68.1. The van der Waals surface area contributed by atoms with Crippen LogP contribution < -0.4 is 0 Å². The molecule has 0 fully saturated rings. The summed E-state index contributed by atoms with van der Waals surface area (Å²) in [5.41, 5.74) is -1.11. The first kappa shape index (κ1) is 101. The van der Waals surface area contributed by atoms with Crippen LogP contribution in [-0.2, 0) is 89.5 Å². The standard InChI is InChI=1S/C11H20O2.2C9H16O2.C5H8O2.C4H10O.2C3H8O.CH4O.2CH4.4Ta/c1-10(2,3)8(12)7-9(13)11(4,5)6;2*1-6(2)8(10)5-9(11)7(3)4;1-4(6)3-5(2)7;1-4(2,3)5;2*1-3(2)4;1-2;;;;;;/h7,12H,1-6H3;2*5-7,10H,1-4H3;3,6H,1-2H3;5H,1-3H3;2*3-4H,1-2H3;2H,1H3;2*1H4;;;;/p+4. The molecule has 0 aromatic heterocycles. The molecule has 0 aromatic carbocycles. The molecule has 0 aliphatic heterocycles. The molecule has 0 aliphatic rings. The molecule has 4 radical (unpaired) electrons. The Balaban J connectivity index is -0.0000000375. The first-order valence-corrected chi connectivity index (χ1v) is 19.4. The zero-order chi connectivity index (χ0) is 48.4. The average molecular weight is 1580 g/mol. The predicted molar refractivity (Wildman–Crippen MR) is 259 cm³/mol. The Morgan fingerprint density at radius 3 is 0.746 bits per heavy atom. The van der Waals surface area contributed by atoms with Crippen LogP contribution in [0.1, 0.15) is 174 Å². The number of hydrogen-bond acceptors (Lipinski definition) is 8. The second-order valence-electron chi connectivity index (χ2n) is 17.8. The summed E-state index contributed by atoms with van der Waals surface area (Å²) in [4.78, 5) is 36.5. The van der Waals surface area contributed by atoms with Crippen LogP contribution in [0, 0.1) is 34.5 Å². The van der Waals surface area contributed by atoms with Crippen LogP contribution in [0.4, 0.5) is 0 Å². The monoisotopic (exact) mass is 1580 g/mol. The second-order valence-corrected chi connectivity index (χ2v) is 17.8. The Labute approximate surface area is 449 Å². The zero-order valence-electron chi connectivity index (χ0n) is 42.4. The van der Waals surface area contributed by atoms with Gasteiger partial charge in [0.05, 0.1) is 59.8 Å². The SMILES string of the molecule is C.C.CC(=[OH+])C=C(C)O.CC(C)(C)C(=[OH+])C=C(O)C(C)(C)C.CC(C)(C)O.CC(C)C(=[OH+])C=C(O)C(C)C.CC(C)C(=[OH+])C=C(O)C(C)C.CC(C)O.CC(C)O.CO.[Ta].[Ta].[Ta].[Ta]. The maximum atomic E-state index is 9.60. The van der Waals surface area contributed by atoms with Crippen molar-refractivity contribution in [1.29, 1.82) is 0 Å². The number of ketones is 4. The van der Waals surface area contributed by atoms with Crippen molar-refractivity contribution < 1.29 is 150 Å². The molecular formula is C47H102O12Ta4+4. The number of allylic oxidation sites excluding steroid dienone is 8. The van der Waals surface area contributed by atoms with Gasteiger partial charge in [-0.1, -0.05) is 91.0 Å². The number of carbonyl (C=O) groups excluding carboxylic acids is 4. The average Bonchev–Trinajstić information content (AvgIpc) is 2.95. The Morgan fingerprint density at radius 2 is 0.651 bits per heavy atom. The summed E-state index contributed by atoms with van der Waals surface area (Å²) in [6.07, 6.45) is 5.24. The van der Waals surface area contributed by atoms with E-state index in [9.17, 15) is 29.7 Å². The molecular weight excluding hydrogens is 1480 g/mol. The summed E-state index contributed by atoms with van der Waals surface area (Å²) < 4.78 is 0. The van der Waals surface area contributed by atoms with Crippen LogP contribution in [0.2, 0.25) is 0 Å². The summed E-state index contributed by atoms with van der Waals surface area (Å²) in [5.74, 6) is 1.92. The fourth-order valence-electron chi connectivity index (χ4n) is 1.83. The number of hydrogen-bond donors (Lipinski definition) is 8. The van der Waals surface area contributed by atoms with E-state index in [0.717, 1.165) is 7.11 Å². The van der Waals surface area contributed by atoms with E-state index in [0.29, 0.717) is 0 Å². The molecule has 0 atom stereocenters. The van der Waals surface area contributed by atoms with E-state index in [4.69, 9.17) is 30.3 Å². The van der Waals surface area contributed by atoms with Crippen molar-refractivity contribution in [2.75, 3.05) is 7.11 Å². The number of aliphatic hydroxyl groups is 8. The first-order chi connectivity index (χ1) is 25.0. The molecule has 12 nitrogen and oxygen atoms in total. The molecule has 0 spiro atoms. The summed E-state index contributed by atoms with van der Waals surface area (Å²) >= 11 is 0. The largest absolute Gasteiger partial charge is 0.512 e. The van der Waals surface area contributed by atoms with Gasteiger partial charge in [0, 0.05) is 126 Å². The van der Waals surface area contributed by atoms with Gasteiger partial charge in [0.1, 0.15) is 17.3 Å². The smallest absolute Gasteiger partial charge is 0.325 e. The second kappa shape index (κ2) is 56.0. The molecule has 378 valence electrons. The van der Waals surface area contributed by atoms with Gasteiger partial charge in [0.25, 0.3) is 0 Å². The molecule has 16 heteroatoms. The molecule has 0 bridgehead atoms. The van der Waals surface area contributed by atoms with Gasteiger partial charge in [-0.15, -0.1) is 0 Å². The van der Waals surface area contributed by atoms with E-state index < -0.39 is 5.60 Å². The van der Waals surface area contributed by atoms with Gasteiger partial charge in [-0.05, 0) is 76.2 Å². The van der Waals surface area contributed by atoms with Crippen LogP contribution in [0.25, 0.3) is 0 Å². The maximum absolute atomic E-state index is 9.60. The van der Waals surface area contributed by atoms with Gasteiger partial charge in [0.15, 0.2) is 0 Å². The van der Waals surface area contributed by atoms with Crippen LogP contribution in [0.15, 0.2) is 47.3 Å². The third kappa shape index (κ3) is 115. The molecule has 0 saturated heterocycles. The minimum atomic E-state index is -0.500. The van der Waals surface area contributed by atoms with Gasteiger partial charge >= 0.3 is 23.1 Å². The molecule has 0 unspecified atom stereocenters. The topological polar surface area (TPSA) is 247 Å². The van der Waals surface area contributed by atoms with Gasteiger partial charge in [0.2, 0.25) is 0 Å². The molecule has 0 amide bonds. The molecule has 0 aliphatic carbocycles. The molecule has 63 heavy (non-hydrogen) atoms. The first-order valence-electron chi connectivity index (χ1n) is 19.4. The van der Waals surface area contributed by atoms with Crippen molar-refractivity contribution in [2.45, 2.75) is 192 Å². The maximum Gasteiger partial charge on any atom is 0.325 e. The van der Waals surface area contributed by atoms with Crippen LogP contribution in [0.3, 0.4) is 0 Å². The normalized spacial score (nSPS) is 10.9. The van der Waals surface area contributed by atoms with Crippen LogP contribution in [-0.4, -0.2) is 108 Å². The molecule has 12 N–H and O–H groups in total. The molecule has 0 aromatic rings. The summed E-state index contributed by atoms with van der Waals surface area (Å²) in [7, 11) is 1.00. The summed E-state index contributed by atoms with van der Waals surface area (Å²) in [6.45, 7) is 41.5. The van der Waals surface area contributed by atoms with Crippen molar-refractivity contribution in [2.24, 2.45) is 34.5 Å². The van der Waals surface area contributed by atoms with E-state index in [-0.39, 0.29) is 197 Å². The fourth-order valence-corrected chi connectivity index (χ4v) is 1.83. The van der Waals surface area contributed by atoms with Crippen LogP contribution in [0.5, 0.6) is 0 Å². The molecule has 0 heterocycles. The molecule has 0 saturated carbocycles. The van der Waals surface area contributed by atoms with E-state index >= 15 is 0 Å². The van der Waals surface area contributed by atoms with Crippen molar-refractivity contribution in [3.8, 4) is 0 Å².